The van der Waals surface area contributed by atoms with Gasteiger partial charge in [0.25, 0.3) is 0 Å². The smallest absolute Gasteiger partial charge is 0.153 e. The van der Waals surface area contributed by atoms with Gasteiger partial charge < -0.3 is 5.32 Å². The molecule has 0 unspecified atom stereocenters. The predicted octanol–water partition coefficient (Wildman–Crippen LogP) is 2.42. The number of rotatable bonds is 5. The number of sulfone groups is 1. The van der Waals surface area contributed by atoms with Crippen LogP contribution in [0.2, 0.25) is 0 Å². The highest BCUT2D eigenvalue weighted by Gasteiger charge is 2.29. The number of nitrogens with one attached hydrogen (secondary N) is 1. The van der Waals surface area contributed by atoms with Gasteiger partial charge in [-0.15, -0.1) is 11.3 Å². The summed E-state index contributed by atoms with van der Waals surface area (Å²) in [5.41, 5.74) is 0. The van der Waals surface area contributed by atoms with Crippen LogP contribution in [0.1, 0.15) is 18.7 Å². The second-order valence-corrected chi connectivity index (χ2v) is 8.83. The van der Waals surface area contributed by atoms with Gasteiger partial charge in [-0.2, -0.15) is 0 Å². The van der Waals surface area contributed by atoms with Crippen molar-refractivity contribution in [3.05, 3.63) is 20.8 Å². The molecule has 1 N–H and O–H groups in total. The Kier molecular flexibility index (Phi) is 4.57. The molecule has 0 aliphatic rings. The Morgan fingerprint density at radius 3 is 2.56 bits per heavy atom. The Balaban J connectivity index is 2.51. The predicted molar refractivity (Wildman–Crippen MR) is 72.6 cm³/mol. The van der Waals surface area contributed by atoms with Crippen molar-refractivity contribution in [2.75, 3.05) is 12.8 Å². The standard InChI is InChI=1S/C10H16BrNO2S2/c1-10(2,16(3,13)14)7-12-6-9-8(11)4-5-15-9/h4-5,12H,6-7H2,1-3H3. The summed E-state index contributed by atoms with van der Waals surface area (Å²) in [7, 11) is -3.02. The molecule has 0 aromatic carbocycles. The summed E-state index contributed by atoms with van der Waals surface area (Å²) in [4.78, 5) is 1.18. The van der Waals surface area contributed by atoms with Crippen molar-refractivity contribution < 1.29 is 8.42 Å². The summed E-state index contributed by atoms with van der Waals surface area (Å²) in [6.45, 7) is 4.62. The van der Waals surface area contributed by atoms with E-state index in [1.165, 1.54) is 11.1 Å². The van der Waals surface area contributed by atoms with Crippen LogP contribution in [0.4, 0.5) is 0 Å². The summed E-state index contributed by atoms with van der Waals surface area (Å²) in [6, 6.07) is 1.99. The van der Waals surface area contributed by atoms with E-state index in [-0.39, 0.29) is 0 Å². The summed E-state index contributed by atoms with van der Waals surface area (Å²) < 4.78 is 23.3. The Labute approximate surface area is 109 Å². The molecule has 0 saturated carbocycles. The maximum Gasteiger partial charge on any atom is 0.153 e. The van der Waals surface area contributed by atoms with Crippen LogP contribution in [0.15, 0.2) is 15.9 Å². The molecule has 0 radical (unpaired) electrons. The van der Waals surface area contributed by atoms with Gasteiger partial charge in [-0.3, -0.25) is 0 Å². The Morgan fingerprint density at radius 2 is 2.12 bits per heavy atom. The van der Waals surface area contributed by atoms with Gasteiger partial charge in [-0.1, -0.05) is 0 Å². The van der Waals surface area contributed by atoms with Crippen molar-refractivity contribution in [3.63, 3.8) is 0 Å². The van der Waals surface area contributed by atoms with Crippen molar-refractivity contribution in [1.29, 1.82) is 0 Å². The Morgan fingerprint density at radius 1 is 1.50 bits per heavy atom. The average molecular weight is 326 g/mol. The maximum absolute atomic E-state index is 11.5. The summed E-state index contributed by atoms with van der Waals surface area (Å²) in [5.74, 6) is 0. The molecule has 0 amide bonds. The number of hydrogen-bond acceptors (Lipinski definition) is 4. The van der Waals surface area contributed by atoms with Crippen LogP contribution in [0.5, 0.6) is 0 Å². The fraction of sp³-hybridized carbons (Fsp3) is 0.600. The van der Waals surface area contributed by atoms with Crippen LogP contribution in [-0.4, -0.2) is 26.0 Å². The molecule has 0 spiro atoms. The first kappa shape index (κ1) is 14.2. The van der Waals surface area contributed by atoms with Crippen molar-refractivity contribution in [2.24, 2.45) is 0 Å². The first-order valence-electron chi connectivity index (χ1n) is 4.86. The van der Waals surface area contributed by atoms with Gasteiger partial charge in [0, 0.05) is 28.7 Å². The minimum absolute atomic E-state index is 0.455. The Hall–Kier alpha value is 0.0900. The van der Waals surface area contributed by atoms with E-state index in [0.717, 1.165) is 4.47 Å². The number of halogens is 1. The van der Waals surface area contributed by atoms with Crippen LogP contribution in [0.25, 0.3) is 0 Å². The van der Waals surface area contributed by atoms with Crippen LogP contribution in [-0.2, 0) is 16.4 Å². The minimum atomic E-state index is -3.02. The van der Waals surface area contributed by atoms with E-state index in [1.54, 1.807) is 25.2 Å². The fourth-order valence-corrected chi connectivity index (χ4v) is 2.89. The SMILES string of the molecule is CC(C)(CNCc1sccc1Br)S(C)(=O)=O. The second kappa shape index (κ2) is 5.16. The first-order chi connectivity index (χ1) is 7.24. The topological polar surface area (TPSA) is 46.2 Å². The normalized spacial score (nSPS) is 13.0. The molecule has 1 rings (SSSR count). The molecule has 16 heavy (non-hydrogen) atoms. The molecule has 0 atom stereocenters. The lowest BCUT2D eigenvalue weighted by Gasteiger charge is -2.22. The summed E-state index contributed by atoms with van der Waals surface area (Å²) in [6.07, 6.45) is 1.27. The fourth-order valence-electron chi connectivity index (χ4n) is 1.06. The zero-order valence-electron chi connectivity index (χ0n) is 9.58. The van der Waals surface area contributed by atoms with Gasteiger partial charge in [-0.25, -0.2) is 8.42 Å². The molecule has 3 nitrogen and oxygen atoms in total. The van der Waals surface area contributed by atoms with Crippen molar-refractivity contribution in [3.8, 4) is 0 Å². The minimum Gasteiger partial charge on any atom is -0.310 e. The van der Waals surface area contributed by atoms with Crippen LogP contribution >= 0.6 is 27.3 Å². The van der Waals surface area contributed by atoms with E-state index in [4.69, 9.17) is 0 Å². The highest BCUT2D eigenvalue weighted by Crippen LogP contribution is 2.22. The molecule has 1 heterocycles. The zero-order valence-corrected chi connectivity index (χ0v) is 12.8. The first-order valence-corrected chi connectivity index (χ1v) is 8.42. The average Bonchev–Trinajstić information content (AvgIpc) is 2.49. The van der Waals surface area contributed by atoms with E-state index < -0.39 is 14.6 Å². The molecule has 6 heteroatoms. The van der Waals surface area contributed by atoms with Crippen molar-refractivity contribution in [2.45, 2.75) is 25.1 Å². The van der Waals surface area contributed by atoms with Crippen molar-refractivity contribution >= 4 is 37.1 Å². The lowest BCUT2D eigenvalue weighted by atomic mass is 10.2. The second-order valence-electron chi connectivity index (χ2n) is 4.33. The van der Waals surface area contributed by atoms with Gasteiger partial charge in [0.05, 0.1) is 4.75 Å². The van der Waals surface area contributed by atoms with E-state index in [9.17, 15) is 8.42 Å². The van der Waals surface area contributed by atoms with Crippen LogP contribution in [0.3, 0.4) is 0 Å². The van der Waals surface area contributed by atoms with E-state index >= 15 is 0 Å². The number of thiophene rings is 1. The molecular weight excluding hydrogens is 310 g/mol. The highest BCUT2D eigenvalue weighted by atomic mass is 79.9. The van der Waals surface area contributed by atoms with E-state index in [1.807, 2.05) is 11.4 Å². The van der Waals surface area contributed by atoms with Gasteiger partial charge in [0.1, 0.15) is 0 Å². The molecular formula is C10H16BrNO2S2. The van der Waals surface area contributed by atoms with Gasteiger partial charge in [0.15, 0.2) is 9.84 Å². The highest BCUT2D eigenvalue weighted by molar-refractivity contribution is 9.10. The quantitative estimate of drug-likeness (QED) is 0.904. The molecule has 0 saturated heterocycles. The van der Waals surface area contributed by atoms with Gasteiger partial charge in [-0.05, 0) is 41.2 Å². The molecule has 1 aromatic heterocycles. The van der Waals surface area contributed by atoms with E-state index in [0.29, 0.717) is 13.1 Å². The Bertz CT molecular complexity index is 451. The molecule has 92 valence electrons. The van der Waals surface area contributed by atoms with E-state index in [2.05, 4.69) is 21.2 Å². The number of hydrogen-bond donors (Lipinski definition) is 1. The lowest BCUT2D eigenvalue weighted by molar-refractivity contribution is 0.522. The molecule has 1 aromatic rings. The largest absolute Gasteiger partial charge is 0.310 e. The molecule has 0 fully saturated rings. The monoisotopic (exact) mass is 325 g/mol. The third kappa shape index (κ3) is 3.55. The zero-order chi connectivity index (χ0) is 12.4. The third-order valence-electron chi connectivity index (χ3n) is 2.53. The lowest BCUT2D eigenvalue weighted by Crippen LogP contribution is -2.41. The van der Waals surface area contributed by atoms with Gasteiger partial charge >= 0.3 is 0 Å². The van der Waals surface area contributed by atoms with Gasteiger partial charge in [0.2, 0.25) is 0 Å². The third-order valence-corrected chi connectivity index (χ3v) is 6.61. The maximum atomic E-state index is 11.5. The van der Waals surface area contributed by atoms with Crippen LogP contribution < -0.4 is 5.32 Å². The van der Waals surface area contributed by atoms with Crippen molar-refractivity contribution in [1.82, 2.24) is 5.32 Å². The summed E-state index contributed by atoms with van der Waals surface area (Å²) >= 11 is 5.09. The molecule has 0 bridgehead atoms. The van der Waals surface area contributed by atoms with Crippen LogP contribution in [0, 0.1) is 0 Å². The molecule has 0 aliphatic heterocycles. The summed E-state index contributed by atoms with van der Waals surface area (Å²) in [5, 5.41) is 5.18. The molecule has 0 aliphatic carbocycles.